The first kappa shape index (κ1) is 20.0. The molecule has 0 spiro atoms. The van der Waals surface area contributed by atoms with E-state index in [1.807, 2.05) is 23.1 Å². The number of anilines is 1. The summed E-state index contributed by atoms with van der Waals surface area (Å²) in [5.74, 6) is 0.0242. The summed E-state index contributed by atoms with van der Waals surface area (Å²) < 4.78 is 13.2. The van der Waals surface area contributed by atoms with Crippen molar-refractivity contribution in [3.05, 3.63) is 59.7 Å². The number of benzene rings is 1. The highest BCUT2D eigenvalue weighted by Gasteiger charge is 2.24. The fourth-order valence-corrected chi connectivity index (χ4v) is 3.61. The number of halogens is 1. The third-order valence-electron chi connectivity index (χ3n) is 5.17. The number of aromatic nitrogens is 1. The number of pyridine rings is 1. The van der Waals surface area contributed by atoms with Crippen LogP contribution in [0.3, 0.4) is 0 Å². The van der Waals surface area contributed by atoms with Crippen LogP contribution < -0.4 is 5.32 Å². The molecule has 1 N–H and O–H groups in total. The summed E-state index contributed by atoms with van der Waals surface area (Å²) in [5, 5.41) is 2.85. The standard InChI is InChI=1S/C22H26FN3O2/c1-16-13-18(23)8-9-20(16)25-21(27)10-7-17-5-4-12-26(15-17)22(28)14-19-6-2-3-11-24-19/h2-3,6,8-9,11,13,17H,4-5,7,10,12,14-15H2,1H3,(H,25,27)/t17-/m0/s1. The molecule has 2 amide bonds. The lowest BCUT2D eigenvalue weighted by molar-refractivity contribution is -0.132. The lowest BCUT2D eigenvalue weighted by atomic mass is 9.93. The van der Waals surface area contributed by atoms with Crippen LogP contribution in [0, 0.1) is 18.7 Å². The fourth-order valence-electron chi connectivity index (χ4n) is 3.61. The van der Waals surface area contributed by atoms with Gasteiger partial charge in [-0.05, 0) is 68.0 Å². The van der Waals surface area contributed by atoms with Gasteiger partial charge in [-0.1, -0.05) is 6.07 Å². The van der Waals surface area contributed by atoms with Crippen LogP contribution in [-0.4, -0.2) is 34.8 Å². The number of hydrogen-bond donors (Lipinski definition) is 1. The van der Waals surface area contributed by atoms with Crippen molar-refractivity contribution < 1.29 is 14.0 Å². The second kappa shape index (κ2) is 9.44. The van der Waals surface area contributed by atoms with Crippen molar-refractivity contribution in [2.75, 3.05) is 18.4 Å². The van der Waals surface area contributed by atoms with Gasteiger partial charge in [0, 0.05) is 37.1 Å². The Morgan fingerprint density at radius 3 is 2.89 bits per heavy atom. The van der Waals surface area contributed by atoms with Gasteiger partial charge in [0.05, 0.1) is 6.42 Å². The molecule has 0 unspecified atom stereocenters. The summed E-state index contributed by atoms with van der Waals surface area (Å²) in [6.07, 6.45) is 5.12. The van der Waals surface area contributed by atoms with E-state index in [1.165, 1.54) is 12.1 Å². The number of nitrogens with one attached hydrogen (secondary N) is 1. The molecule has 0 bridgehead atoms. The van der Waals surface area contributed by atoms with Crippen LogP contribution in [-0.2, 0) is 16.0 Å². The molecule has 1 aromatic carbocycles. The van der Waals surface area contributed by atoms with Crippen molar-refractivity contribution in [2.24, 2.45) is 5.92 Å². The average molecular weight is 383 g/mol. The average Bonchev–Trinajstić information content (AvgIpc) is 2.69. The molecule has 1 aromatic heterocycles. The minimum absolute atomic E-state index is 0.0772. The third kappa shape index (κ3) is 5.62. The zero-order valence-electron chi connectivity index (χ0n) is 16.2. The van der Waals surface area contributed by atoms with E-state index < -0.39 is 0 Å². The van der Waals surface area contributed by atoms with Crippen LogP contribution in [0.1, 0.15) is 36.9 Å². The second-order valence-electron chi connectivity index (χ2n) is 7.39. The molecule has 1 saturated heterocycles. The zero-order chi connectivity index (χ0) is 19.9. The number of amides is 2. The lowest BCUT2D eigenvalue weighted by Gasteiger charge is -2.32. The number of carbonyl (C=O) groups excluding carboxylic acids is 2. The Kier molecular flexibility index (Phi) is 6.74. The Labute approximate surface area is 165 Å². The van der Waals surface area contributed by atoms with E-state index >= 15 is 0 Å². The Morgan fingerprint density at radius 2 is 2.14 bits per heavy atom. The molecule has 2 aromatic rings. The molecule has 0 saturated carbocycles. The van der Waals surface area contributed by atoms with Gasteiger partial charge < -0.3 is 10.2 Å². The second-order valence-corrected chi connectivity index (χ2v) is 7.39. The van der Waals surface area contributed by atoms with Gasteiger partial charge in [-0.15, -0.1) is 0 Å². The first-order chi connectivity index (χ1) is 13.5. The van der Waals surface area contributed by atoms with E-state index in [0.29, 0.717) is 36.6 Å². The van der Waals surface area contributed by atoms with Crippen molar-refractivity contribution in [3.63, 3.8) is 0 Å². The molecule has 0 radical (unpaired) electrons. The number of carbonyl (C=O) groups is 2. The number of aryl methyl sites for hydroxylation is 1. The Hall–Kier alpha value is -2.76. The molecule has 28 heavy (non-hydrogen) atoms. The van der Waals surface area contributed by atoms with Crippen LogP contribution in [0.25, 0.3) is 0 Å². The number of rotatable bonds is 6. The van der Waals surface area contributed by atoms with E-state index in [2.05, 4.69) is 10.3 Å². The summed E-state index contributed by atoms with van der Waals surface area (Å²) in [7, 11) is 0. The predicted molar refractivity (Wildman–Crippen MR) is 106 cm³/mol. The zero-order valence-corrected chi connectivity index (χ0v) is 16.2. The summed E-state index contributed by atoms with van der Waals surface area (Å²) in [5.41, 5.74) is 2.13. The van der Waals surface area contributed by atoms with Crippen molar-refractivity contribution >= 4 is 17.5 Å². The number of nitrogens with zero attached hydrogens (tertiary/aromatic N) is 2. The Balaban J connectivity index is 1.46. The van der Waals surface area contributed by atoms with E-state index in [1.54, 1.807) is 19.2 Å². The molecule has 1 aliphatic rings. The minimum atomic E-state index is -0.312. The summed E-state index contributed by atoms with van der Waals surface area (Å²) >= 11 is 0. The van der Waals surface area contributed by atoms with Crippen molar-refractivity contribution in [2.45, 2.75) is 39.0 Å². The third-order valence-corrected chi connectivity index (χ3v) is 5.17. The highest BCUT2D eigenvalue weighted by Crippen LogP contribution is 2.22. The van der Waals surface area contributed by atoms with Gasteiger partial charge in [-0.2, -0.15) is 0 Å². The molecule has 3 rings (SSSR count). The molecule has 0 aliphatic carbocycles. The maximum absolute atomic E-state index is 13.2. The molecule has 1 aliphatic heterocycles. The molecule has 1 fully saturated rings. The predicted octanol–water partition coefficient (Wildman–Crippen LogP) is 3.73. The first-order valence-corrected chi connectivity index (χ1v) is 9.75. The SMILES string of the molecule is Cc1cc(F)ccc1NC(=O)CC[C@@H]1CCCN(C(=O)Cc2ccccn2)C1. The monoisotopic (exact) mass is 383 g/mol. The quantitative estimate of drug-likeness (QED) is 0.827. The normalized spacial score (nSPS) is 16.6. The van der Waals surface area contributed by atoms with Crippen molar-refractivity contribution in [1.29, 1.82) is 0 Å². The van der Waals surface area contributed by atoms with Gasteiger partial charge >= 0.3 is 0 Å². The molecule has 2 heterocycles. The fraction of sp³-hybridized carbons (Fsp3) is 0.409. The van der Waals surface area contributed by atoms with Crippen LogP contribution in [0.4, 0.5) is 10.1 Å². The number of hydrogen-bond acceptors (Lipinski definition) is 3. The van der Waals surface area contributed by atoms with Crippen LogP contribution >= 0.6 is 0 Å². The molecular weight excluding hydrogens is 357 g/mol. The van der Waals surface area contributed by atoms with Gasteiger partial charge in [0.15, 0.2) is 0 Å². The van der Waals surface area contributed by atoms with E-state index in [-0.39, 0.29) is 17.6 Å². The van der Waals surface area contributed by atoms with E-state index in [4.69, 9.17) is 0 Å². The number of likely N-dealkylation sites (tertiary alicyclic amines) is 1. The smallest absolute Gasteiger partial charge is 0.228 e. The van der Waals surface area contributed by atoms with Crippen LogP contribution in [0.5, 0.6) is 0 Å². The summed E-state index contributed by atoms with van der Waals surface area (Å²) in [4.78, 5) is 30.9. The van der Waals surface area contributed by atoms with Crippen LogP contribution in [0.15, 0.2) is 42.6 Å². The van der Waals surface area contributed by atoms with Crippen molar-refractivity contribution in [1.82, 2.24) is 9.88 Å². The molecule has 148 valence electrons. The lowest BCUT2D eigenvalue weighted by Crippen LogP contribution is -2.41. The van der Waals surface area contributed by atoms with Crippen molar-refractivity contribution in [3.8, 4) is 0 Å². The van der Waals surface area contributed by atoms with Gasteiger partial charge in [0.25, 0.3) is 0 Å². The molecule has 6 heteroatoms. The highest BCUT2D eigenvalue weighted by atomic mass is 19.1. The maximum atomic E-state index is 13.2. The Morgan fingerprint density at radius 1 is 1.29 bits per heavy atom. The minimum Gasteiger partial charge on any atom is -0.342 e. The maximum Gasteiger partial charge on any atom is 0.228 e. The highest BCUT2D eigenvalue weighted by molar-refractivity contribution is 5.91. The number of piperidine rings is 1. The van der Waals surface area contributed by atoms with Gasteiger partial charge in [-0.3, -0.25) is 14.6 Å². The van der Waals surface area contributed by atoms with Gasteiger partial charge in [0.1, 0.15) is 5.82 Å². The topological polar surface area (TPSA) is 62.3 Å². The Bertz CT molecular complexity index is 826. The molecule has 5 nitrogen and oxygen atoms in total. The summed E-state index contributed by atoms with van der Waals surface area (Å²) in [6, 6.07) is 9.92. The molecular formula is C22H26FN3O2. The summed E-state index contributed by atoms with van der Waals surface area (Å²) in [6.45, 7) is 3.22. The first-order valence-electron chi connectivity index (χ1n) is 9.75. The van der Waals surface area contributed by atoms with Gasteiger partial charge in [-0.25, -0.2) is 4.39 Å². The van der Waals surface area contributed by atoms with Gasteiger partial charge in [0.2, 0.25) is 11.8 Å². The van der Waals surface area contributed by atoms with E-state index in [9.17, 15) is 14.0 Å². The van der Waals surface area contributed by atoms with Crippen LogP contribution in [0.2, 0.25) is 0 Å². The molecule has 1 atom stereocenters. The van der Waals surface area contributed by atoms with E-state index in [0.717, 1.165) is 31.5 Å². The largest absolute Gasteiger partial charge is 0.342 e.